The zero-order chi connectivity index (χ0) is 18.4. The second-order valence-electron chi connectivity index (χ2n) is 6.48. The van der Waals surface area contributed by atoms with E-state index in [0.29, 0.717) is 13.1 Å². The van der Waals surface area contributed by atoms with Crippen molar-refractivity contribution in [1.82, 2.24) is 4.90 Å². The van der Waals surface area contributed by atoms with Crippen LogP contribution in [0, 0.1) is 6.92 Å². The van der Waals surface area contributed by atoms with Crippen LogP contribution in [0.1, 0.15) is 18.4 Å². The highest BCUT2D eigenvalue weighted by molar-refractivity contribution is 5.77. The first-order chi connectivity index (χ1) is 12.6. The number of likely N-dealkylation sites (tertiary alicyclic amines) is 1. The Morgan fingerprint density at radius 3 is 2.15 bits per heavy atom. The summed E-state index contributed by atoms with van der Waals surface area (Å²) in [5.41, 5.74) is 1.17. The largest absolute Gasteiger partial charge is 0.497 e. The van der Waals surface area contributed by atoms with Crippen molar-refractivity contribution in [3.63, 3.8) is 0 Å². The summed E-state index contributed by atoms with van der Waals surface area (Å²) in [5.74, 6) is 2.39. The van der Waals surface area contributed by atoms with Gasteiger partial charge in [-0.25, -0.2) is 0 Å². The van der Waals surface area contributed by atoms with Gasteiger partial charge in [-0.05, 0) is 43.3 Å². The number of rotatable bonds is 6. The standard InChI is InChI=1S/C21H25NO4/c1-16-3-5-18(6-4-16)25-15-21(23)22-13-11-20(12-14-22)26-19-9-7-17(24-2)8-10-19/h3-10,20H,11-15H2,1-2H3. The van der Waals surface area contributed by atoms with Crippen LogP contribution >= 0.6 is 0 Å². The normalized spacial score (nSPS) is 14.8. The Hall–Kier alpha value is -2.69. The molecular formula is C21H25NO4. The van der Waals surface area contributed by atoms with Gasteiger partial charge < -0.3 is 19.1 Å². The molecule has 1 fully saturated rings. The van der Waals surface area contributed by atoms with Gasteiger partial charge >= 0.3 is 0 Å². The molecule has 0 atom stereocenters. The van der Waals surface area contributed by atoms with E-state index in [2.05, 4.69) is 0 Å². The number of carbonyl (C=O) groups excluding carboxylic acids is 1. The minimum absolute atomic E-state index is 0.0217. The van der Waals surface area contributed by atoms with Crippen molar-refractivity contribution in [2.24, 2.45) is 0 Å². The molecule has 0 bridgehead atoms. The van der Waals surface area contributed by atoms with E-state index in [1.165, 1.54) is 5.56 Å². The van der Waals surface area contributed by atoms with Gasteiger partial charge in [0.15, 0.2) is 6.61 Å². The molecule has 1 aliphatic rings. The van der Waals surface area contributed by atoms with E-state index < -0.39 is 0 Å². The van der Waals surface area contributed by atoms with E-state index in [1.54, 1.807) is 7.11 Å². The smallest absolute Gasteiger partial charge is 0.260 e. The van der Waals surface area contributed by atoms with Crippen molar-refractivity contribution in [2.75, 3.05) is 26.8 Å². The maximum atomic E-state index is 12.3. The van der Waals surface area contributed by atoms with E-state index in [9.17, 15) is 4.79 Å². The monoisotopic (exact) mass is 355 g/mol. The van der Waals surface area contributed by atoms with Crippen LogP contribution in [0.15, 0.2) is 48.5 Å². The van der Waals surface area contributed by atoms with Gasteiger partial charge in [0.1, 0.15) is 23.4 Å². The molecule has 26 heavy (non-hydrogen) atoms. The zero-order valence-electron chi connectivity index (χ0n) is 15.3. The van der Waals surface area contributed by atoms with Crippen LogP contribution < -0.4 is 14.2 Å². The van der Waals surface area contributed by atoms with E-state index in [4.69, 9.17) is 14.2 Å². The Kier molecular flexibility index (Phi) is 6.00. The summed E-state index contributed by atoms with van der Waals surface area (Å²) in [5, 5.41) is 0. The summed E-state index contributed by atoms with van der Waals surface area (Å²) < 4.78 is 16.7. The highest BCUT2D eigenvalue weighted by Gasteiger charge is 2.24. The maximum absolute atomic E-state index is 12.3. The van der Waals surface area contributed by atoms with Crippen molar-refractivity contribution in [2.45, 2.75) is 25.9 Å². The first kappa shape index (κ1) is 18.1. The Labute approximate surface area is 154 Å². The summed E-state index contributed by atoms with van der Waals surface area (Å²) in [4.78, 5) is 14.2. The van der Waals surface area contributed by atoms with Crippen LogP contribution in [0.25, 0.3) is 0 Å². The molecular weight excluding hydrogens is 330 g/mol. The SMILES string of the molecule is COc1ccc(OC2CCN(C(=O)COc3ccc(C)cc3)CC2)cc1. The van der Waals surface area contributed by atoms with Gasteiger partial charge in [0.25, 0.3) is 5.91 Å². The Morgan fingerprint density at radius 1 is 0.962 bits per heavy atom. The van der Waals surface area contributed by atoms with Crippen molar-refractivity contribution >= 4 is 5.91 Å². The Balaban J connectivity index is 1.42. The van der Waals surface area contributed by atoms with Gasteiger partial charge in [0, 0.05) is 25.9 Å². The number of piperidine rings is 1. The van der Waals surface area contributed by atoms with Crippen molar-refractivity contribution in [1.29, 1.82) is 0 Å². The fraction of sp³-hybridized carbons (Fsp3) is 0.381. The quantitative estimate of drug-likeness (QED) is 0.796. The average Bonchev–Trinajstić information content (AvgIpc) is 2.68. The third-order valence-electron chi connectivity index (χ3n) is 4.54. The average molecular weight is 355 g/mol. The van der Waals surface area contributed by atoms with Gasteiger partial charge in [-0.1, -0.05) is 17.7 Å². The molecule has 2 aromatic carbocycles. The van der Waals surface area contributed by atoms with Crippen molar-refractivity contribution < 1.29 is 19.0 Å². The first-order valence-electron chi connectivity index (χ1n) is 8.92. The second kappa shape index (κ2) is 8.61. The molecule has 1 heterocycles. The number of amides is 1. The number of carbonyl (C=O) groups is 1. The summed E-state index contributed by atoms with van der Waals surface area (Å²) in [7, 11) is 1.64. The summed E-state index contributed by atoms with van der Waals surface area (Å²) in [6, 6.07) is 15.3. The zero-order valence-corrected chi connectivity index (χ0v) is 15.3. The van der Waals surface area contributed by atoms with Gasteiger partial charge in [-0.2, -0.15) is 0 Å². The minimum Gasteiger partial charge on any atom is -0.497 e. The maximum Gasteiger partial charge on any atom is 0.260 e. The molecule has 0 aromatic heterocycles. The van der Waals surface area contributed by atoms with Crippen LogP contribution in [0.5, 0.6) is 17.2 Å². The first-order valence-corrected chi connectivity index (χ1v) is 8.92. The topological polar surface area (TPSA) is 48.0 Å². The van der Waals surface area contributed by atoms with Crippen LogP contribution in [-0.2, 0) is 4.79 Å². The predicted molar refractivity (Wildman–Crippen MR) is 99.9 cm³/mol. The molecule has 1 amide bonds. The number of methoxy groups -OCH3 is 1. The lowest BCUT2D eigenvalue weighted by molar-refractivity contribution is -0.135. The van der Waals surface area contributed by atoms with E-state index >= 15 is 0 Å². The number of aryl methyl sites for hydroxylation is 1. The molecule has 0 aliphatic carbocycles. The molecule has 0 N–H and O–H groups in total. The number of nitrogens with zero attached hydrogens (tertiary/aromatic N) is 1. The highest BCUT2D eigenvalue weighted by atomic mass is 16.5. The molecule has 0 spiro atoms. The minimum atomic E-state index is 0.0217. The van der Waals surface area contributed by atoms with Gasteiger partial charge in [-0.3, -0.25) is 4.79 Å². The summed E-state index contributed by atoms with van der Waals surface area (Å²) in [6.07, 6.45) is 1.77. The fourth-order valence-corrected chi connectivity index (χ4v) is 2.94. The lowest BCUT2D eigenvalue weighted by Crippen LogP contribution is -2.43. The van der Waals surface area contributed by atoms with Gasteiger partial charge in [0.05, 0.1) is 7.11 Å². The van der Waals surface area contributed by atoms with Gasteiger partial charge in [-0.15, -0.1) is 0 Å². The van der Waals surface area contributed by atoms with Gasteiger partial charge in [0.2, 0.25) is 0 Å². The van der Waals surface area contributed by atoms with Crippen LogP contribution in [0.4, 0.5) is 0 Å². The van der Waals surface area contributed by atoms with E-state index in [-0.39, 0.29) is 18.6 Å². The third kappa shape index (κ3) is 4.91. The number of benzene rings is 2. The summed E-state index contributed by atoms with van der Waals surface area (Å²) in [6.45, 7) is 3.48. The molecule has 0 unspecified atom stereocenters. The highest BCUT2D eigenvalue weighted by Crippen LogP contribution is 2.22. The van der Waals surface area contributed by atoms with E-state index in [0.717, 1.165) is 30.1 Å². The van der Waals surface area contributed by atoms with E-state index in [1.807, 2.05) is 60.4 Å². The van der Waals surface area contributed by atoms with Crippen LogP contribution in [0.2, 0.25) is 0 Å². The number of hydrogen-bond donors (Lipinski definition) is 0. The Bertz CT molecular complexity index is 704. The molecule has 1 saturated heterocycles. The number of hydrogen-bond acceptors (Lipinski definition) is 4. The van der Waals surface area contributed by atoms with Crippen LogP contribution in [-0.4, -0.2) is 43.7 Å². The lowest BCUT2D eigenvalue weighted by Gasteiger charge is -2.32. The number of ether oxygens (including phenoxy) is 3. The molecule has 5 nitrogen and oxygen atoms in total. The molecule has 2 aromatic rings. The Morgan fingerprint density at radius 2 is 1.54 bits per heavy atom. The molecule has 0 radical (unpaired) electrons. The summed E-state index contributed by atoms with van der Waals surface area (Å²) >= 11 is 0. The molecule has 138 valence electrons. The predicted octanol–water partition coefficient (Wildman–Crippen LogP) is 3.45. The molecule has 0 saturated carbocycles. The third-order valence-corrected chi connectivity index (χ3v) is 4.54. The molecule has 3 rings (SSSR count). The van der Waals surface area contributed by atoms with Crippen molar-refractivity contribution in [3.05, 3.63) is 54.1 Å². The van der Waals surface area contributed by atoms with Crippen LogP contribution in [0.3, 0.4) is 0 Å². The second-order valence-corrected chi connectivity index (χ2v) is 6.48. The molecule has 1 aliphatic heterocycles. The fourth-order valence-electron chi connectivity index (χ4n) is 2.94. The van der Waals surface area contributed by atoms with Crippen molar-refractivity contribution in [3.8, 4) is 17.2 Å². The lowest BCUT2D eigenvalue weighted by atomic mass is 10.1. The molecule has 5 heteroatoms.